The number of ketones is 1. The molecule has 0 aliphatic carbocycles. The number of aromatic nitrogens is 1. The third-order valence-corrected chi connectivity index (χ3v) is 12.2. The van der Waals surface area contributed by atoms with E-state index in [-0.39, 0.29) is 42.9 Å². The van der Waals surface area contributed by atoms with Crippen molar-refractivity contribution in [3.8, 4) is 0 Å². The van der Waals surface area contributed by atoms with Crippen molar-refractivity contribution < 1.29 is 43.2 Å². The number of Topliss-reactive ketones (excluding diaryl/α,β-unsaturated/α-hetero) is 1. The summed E-state index contributed by atoms with van der Waals surface area (Å²) in [5, 5.41) is 22.2. The average Bonchev–Trinajstić information content (AvgIpc) is 3.14. The molecule has 0 spiro atoms. The molecule has 13 atom stereocenters. The molecular weight excluding hydrogens is 694 g/mol. The Labute approximate surface area is 322 Å². The number of nitrogens with zero attached hydrogens (tertiary/aromatic N) is 2. The summed E-state index contributed by atoms with van der Waals surface area (Å²) in [7, 11) is 5.63. The average molecular weight is 762 g/mol. The van der Waals surface area contributed by atoms with Gasteiger partial charge in [0, 0.05) is 50.1 Å². The summed E-state index contributed by atoms with van der Waals surface area (Å²) in [6, 6.07) is 2.95. The second kappa shape index (κ2) is 19.1. The van der Waals surface area contributed by atoms with Gasteiger partial charge in [0.25, 0.3) is 6.47 Å². The van der Waals surface area contributed by atoms with E-state index in [2.05, 4.69) is 27.9 Å². The van der Waals surface area contributed by atoms with Gasteiger partial charge in [0.05, 0.1) is 23.9 Å². The van der Waals surface area contributed by atoms with Crippen molar-refractivity contribution in [1.29, 1.82) is 0 Å². The molecule has 1 aromatic rings. The number of carbonyl (C=O) groups is 3. The molecule has 2 bridgehead atoms. The van der Waals surface area contributed by atoms with Crippen molar-refractivity contribution in [2.45, 2.75) is 147 Å². The zero-order chi connectivity index (χ0) is 39.8. The molecule has 0 aromatic carbocycles. The molecule has 5 heterocycles. The molecule has 4 saturated heterocycles. The summed E-state index contributed by atoms with van der Waals surface area (Å²) < 4.78 is 32.3. The number of aliphatic hydroxyl groups is 1. The molecule has 0 radical (unpaired) electrons. The lowest BCUT2D eigenvalue weighted by atomic mass is 9.70. The Kier molecular flexibility index (Phi) is 15.6. The van der Waals surface area contributed by atoms with Gasteiger partial charge in [-0.15, -0.1) is 0 Å². The Hall–Kier alpha value is -2.56. The van der Waals surface area contributed by atoms with Crippen LogP contribution in [0.3, 0.4) is 0 Å². The maximum atomic E-state index is 14.8. The minimum Gasteiger partial charge on any atom is -0.457 e. The predicted octanol–water partition coefficient (Wildman–Crippen LogP) is 2.60. The number of esters is 1. The highest BCUT2D eigenvalue weighted by Gasteiger charge is 2.57. The normalized spacial score (nSPS) is 40.0. The number of hydrogen-bond acceptors (Lipinski definition) is 14. The van der Waals surface area contributed by atoms with Gasteiger partial charge >= 0.3 is 5.97 Å². The van der Waals surface area contributed by atoms with E-state index in [4.69, 9.17) is 23.7 Å². The van der Waals surface area contributed by atoms with Crippen LogP contribution in [0.4, 0.5) is 0 Å². The van der Waals surface area contributed by atoms with Crippen LogP contribution in [-0.4, -0.2) is 134 Å². The first kappa shape index (κ1) is 44.2. The first-order chi connectivity index (χ1) is 25.6. The molecule has 4 N–H and O–H groups in total. The van der Waals surface area contributed by atoms with Gasteiger partial charge in [0.2, 0.25) is 0 Å². The molecule has 0 unspecified atom stereocenters. The standard InChI is InChI=1S/C40H67N5O9/c1-11-31-40(12-2,51-24-46)33(41-8)27(5)44-20-25(3)19-39(7)35(26(4)34(48)38(6,15-17-50-39)37(49)53-31)54-36-32(47)30(45(9)10)18-29(52-36)23-43-22-28-14-13-16-42-21-28/h13-14,16,21,24-27,29-33,35-36,41,43-44,47H,11-12,15,17-20,22-23H2,1-10H3/t25-,26+,27-,29+,30+,31-,32-,33-,35-,36+,38-,39+,40-/m1/s1. The number of ether oxygens (including phenoxy) is 5. The van der Waals surface area contributed by atoms with E-state index in [1.54, 1.807) is 27.1 Å². The van der Waals surface area contributed by atoms with Crippen molar-refractivity contribution >= 4 is 18.2 Å². The first-order valence-electron chi connectivity index (χ1n) is 19.8. The topological polar surface area (TPSA) is 170 Å². The zero-order valence-corrected chi connectivity index (χ0v) is 34.1. The molecule has 4 fully saturated rings. The number of rotatable bonds is 12. The van der Waals surface area contributed by atoms with Crippen molar-refractivity contribution in [1.82, 2.24) is 25.8 Å². The zero-order valence-electron chi connectivity index (χ0n) is 34.1. The minimum absolute atomic E-state index is 0.0262. The molecular formula is C40H67N5O9. The quantitative estimate of drug-likeness (QED) is 0.139. The molecule has 4 aliphatic heterocycles. The molecule has 14 nitrogen and oxygen atoms in total. The van der Waals surface area contributed by atoms with Gasteiger partial charge in [-0.25, -0.2) is 0 Å². The second-order valence-electron chi connectivity index (χ2n) is 16.4. The second-order valence-corrected chi connectivity index (χ2v) is 16.4. The van der Waals surface area contributed by atoms with Crippen LogP contribution in [0.2, 0.25) is 0 Å². The Morgan fingerprint density at radius 1 is 1.19 bits per heavy atom. The Bertz CT molecular complexity index is 1370. The van der Waals surface area contributed by atoms with Gasteiger partial charge in [-0.2, -0.15) is 0 Å². The summed E-state index contributed by atoms with van der Waals surface area (Å²) in [5.74, 6) is -1.88. The van der Waals surface area contributed by atoms with Gasteiger partial charge in [-0.1, -0.05) is 33.8 Å². The summed E-state index contributed by atoms with van der Waals surface area (Å²) in [6.45, 7) is 15.4. The van der Waals surface area contributed by atoms with Crippen LogP contribution in [-0.2, 0) is 44.6 Å². The number of likely N-dealkylation sites (N-methyl/N-ethyl adjacent to an activating group) is 2. The Balaban J connectivity index is 1.72. The highest BCUT2D eigenvalue weighted by atomic mass is 16.7. The monoisotopic (exact) mass is 761 g/mol. The van der Waals surface area contributed by atoms with Crippen LogP contribution in [0.25, 0.3) is 0 Å². The van der Waals surface area contributed by atoms with Crippen LogP contribution in [0.15, 0.2) is 24.5 Å². The summed E-state index contributed by atoms with van der Waals surface area (Å²) >= 11 is 0. The number of pyridine rings is 1. The molecule has 0 saturated carbocycles. The predicted molar refractivity (Wildman–Crippen MR) is 203 cm³/mol. The van der Waals surface area contributed by atoms with E-state index in [1.165, 1.54) is 0 Å². The van der Waals surface area contributed by atoms with Crippen LogP contribution >= 0.6 is 0 Å². The maximum Gasteiger partial charge on any atom is 0.319 e. The van der Waals surface area contributed by atoms with Gasteiger partial charge in [0.1, 0.15) is 17.6 Å². The smallest absolute Gasteiger partial charge is 0.319 e. The third kappa shape index (κ3) is 9.51. The summed E-state index contributed by atoms with van der Waals surface area (Å²) in [5.41, 5.74) is -2.78. The van der Waals surface area contributed by atoms with Crippen LogP contribution < -0.4 is 16.0 Å². The van der Waals surface area contributed by atoms with E-state index in [0.29, 0.717) is 51.8 Å². The van der Waals surface area contributed by atoms with Crippen LogP contribution in [0.1, 0.15) is 86.1 Å². The van der Waals surface area contributed by atoms with Crippen molar-refractivity contribution in [2.75, 3.05) is 40.8 Å². The summed E-state index contributed by atoms with van der Waals surface area (Å²) in [6.07, 6.45) is 1.24. The number of fused-ring (bicyclic) bond motifs is 13. The van der Waals surface area contributed by atoms with E-state index in [9.17, 15) is 19.5 Å². The van der Waals surface area contributed by atoms with Crippen molar-refractivity contribution in [3.05, 3.63) is 30.1 Å². The SMILES string of the molecule is CC[C@H]1OC(=O)[C@]2(C)CCO[C@@](C)(C[C@@H](C)CN[C@H](C)[C@@H](NC)[C@]1(CC)OC=O)[C@H](O[C@@H]1O[C@H](CNCc3cccnc3)C[C@H](N(C)C)[C@H]1O)[C@@H](C)C2=O. The fourth-order valence-electron chi connectivity index (χ4n) is 9.15. The third-order valence-electron chi connectivity index (χ3n) is 12.2. The van der Waals surface area contributed by atoms with E-state index in [1.807, 2.05) is 65.0 Å². The highest BCUT2D eigenvalue weighted by Crippen LogP contribution is 2.43. The van der Waals surface area contributed by atoms with E-state index < -0.39 is 59.1 Å². The Morgan fingerprint density at radius 2 is 1.93 bits per heavy atom. The van der Waals surface area contributed by atoms with Crippen LogP contribution in [0, 0.1) is 17.3 Å². The minimum atomic E-state index is -1.60. The van der Waals surface area contributed by atoms with E-state index >= 15 is 0 Å². The lowest BCUT2D eigenvalue weighted by Gasteiger charge is -2.49. The number of aliphatic hydroxyl groups excluding tert-OH is 1. The van der Waals surface area contributed by atoms with Crippen molar-refractivity contribution in [3.63, 3.8) is 0 Å². The highest BCUT2D eigenvalue weighted by molar-refractivity contribution is 6.04. The summed E-state index contributed by atoms with van der Waals surface area (Å²) in [4.78, 5) is 47.5. The molecule has 5 rings (SSSR count). The molecule has 14 heteroatoms. The molecule has 54 heavy (non-hydrogen) atoms. The fourth-order valence-corrected chi connectivity index (χ4v) is 9.15. The van der Waals surface area contributed by atoms with E-state index in [0.717, 1.165) is 5.56 Å². The Morgan fingerprint density at radius 3 is 2.54 bits per heavy atom. The number of hydrogen-bond donors (Lipinski definition) is 4. The van der Waals surface area contributed by atoms with Gasteiger partial charge in [-0.3, -0.25) is 19.4 Å². The lowest BCUT2D eigenvalue weighted by molar-refractivity contribution is -0.301. The largest absolute Gasteiger partial charge is 0.457 e. The lowest BCUT2D eigenvalue weighted by Crippen LogP contribution is -2.66. The van der Waals surface area contributed by atoms with Gasteiger partial charge in [0.15, 0.2) is 17.7 Å². The van der Waals surface area contributed by atoms with Crippen molar-refractivity contribution in [2.24, 2.45) is 17.3 Å². The molecule has 306 valence electrons. The molecule has 1 aromatic heterocycles. The first-order valence-corrected chi connectivity index (χ1v) is 19.8. The van der Waals surface area contributed by atoms with Gasteiger partial charge in [-0.05, 0) is 98.1 Å². The number of nitrogens with one attached hydrogen (secondary N) is 3. The molecule has 4 aliphatic rings. The maximum absolute atomic E-state index is 14.8. The number of carbonyl (C=O) groups excluding carboxylic acids is 3. The van der Waals surface area contributed by atoms with Gasteiger partial charge < -0.3 is 49.6 Å². The van der Waals surface area contributed by atoms with Crippen LogP contribution in [0.5, 0.6) is 0 Å². The fraction of sp³-hybridized carbons (Fsp3) is 0.800. The molecule has 0 amide bonds.